The lowest BCUT2D eigenvalue weighted by Crippen LogP contribution is -2.29. The molecule has 1 aromatic rings. The molecule has 1 heterocycles. The van der Waals surface area contributed by atoms with Gasteiger partial charge in [0.05, 0.1) is 0 Å². The van der Waals surface area contributed by atoms with Crippen LogP contribution in [0.3, 0.4) is 0 Å². The minimum atomic E-state index is 0.260. The van der Waals surface area contributed by atoms with Gasteiger partial charge in [0.25, 0.3) is 0 Å². The maximum atomic E-state index is 6.14. The average Bonchev–Trinajstić information content (AvgIpc) is 2.57. The average molecular weight is 233 g/mol. The van der Waals surface area contributed by atoms with E-state index in [4.69, 9.17) is 10.5 Å². The molecular weight excluding hydrogens is 210 g/mol. The first kappa shape index (κ1) is 12.4. The first-order valence-electron chi connectivity index (χ1n) is 6.56. The summed E-state index contributed by atoms with van der Waals surface area (Å²) in [6, 6.07) is 6.67. The molecule has 2 unspecified atom stereocenters. The number of hydrogen-bond acceptors (Lipinski definition) is 2. The van der Waals surface area contributed by atoms with Crippen LogP contribution in [0.15, 0.2) is 18.2 Å². The van der Waals surface area contributed by atoms with E-state index in [-0.39, 0.29) is 12.1 Å². The number of ether oxygens (including phenoxy) is 1. The summed E-state index contributed by atoms with van der Waals surface area (Å²) in [5, 5.41) is 0. The molecule has 1 aliphatic rings. The fraction of sp³-hybridized carbons (Fsp3) is 0.600. The highest BCUT2D eigenvalue weighted by molar-refractivity contribution is 5.40. The van der Waals surface area contributed by atoms with E-state index >= 15 is 0 Å². The van der Waals surface area contributed by atoms with Crippen LogP contribution in [-0.4, -0.2) is 12.1 Å². The van der Waals surface area contributed by atoms with Crippen LogP contribution in [0.5, 0.6) is 5.75 Å². The van der Waals surface area contributed by atoms with Crippen LogP contribution in [-0.2, 0) is 6.42 Å². The third-order valence-corrected chi connectivity index (χ3v) is 3.30. The molecule has 0 spiro atoms. The molecule has 0 saturated heterocycles. The summed E-state index contributed by atoms with van der Waals surface area (Å²) in [5.74, 6) is 1.72. The minimum absolute atomic E-state index is 0.260. The summed E-state index contributed by atoms with van der Waals surface area (Å²) < 4.78 is 5.93. The van der Waals surface area contributed by atoms with Gasteiger partial charge >= 0.3 is 0 Å². The molecule has 2 atom stereocenters. The second-order valence-electron chi connectivity index (χ2n) is 5.68. The zero-order valence-electron chi connectivity index (χ0n) is 11.1. The van der Waals surface area contributed by atoms with Crippen molar-refractivity contribution in [3.63, 3.8) is 0 Å². The summed E-state index contributed by atoms with van der Waals surface area (Å²) in [4.78, 5) is 0. The molecule has 17 heavy (non-hydrogen) atoms. The Kier molecular flexibility index (Phi) is 3.72. The van der Waals surface area contributed by atoms with E-state index in [1.165, 1.54) is 11.1 Å². The third-order valence-electron chi connectivity index (χ3n) is 3.30. The molecule has 0 saturated carbocycles. The first-order chi connectivity index (χ1) is 8.04. The van der Waals surface area contributed by atoms with Gasteiger partial charge in [0.2, 0.25) is 0 Å². The Morgan fingerprint density at radius 1 is 1.41 bits per heavy atom. The molecule has 2 heteroatoms. The topological polar surface area (TPSA) is 35.2 Å². The Bertz CT molecular complexity index is 387. The van der Waals surface area contributed by atoms with E-state index < -0.39 is 0 Å². The summed E-state index contributed by atoms with van der Waals surface area (Å²) in [6.07, 6.45) is 3.34. The Labute approximate surface area is 104 Å². The Morgan fingerprint density at radius 2 is 2.18 bits per heavy atom. The van der Waals surface area contributed by atoms with Crippen LogP contribution in [0.1, 0.15) is 37.8 Å². The van der Waals surface area contributed by atoms with E-state index in [1.807, 2.05) is 0 Å². The normalized spacial score (nSPS) is 20.2. The van der Waals surface area contributed by atoms with Crippen LogP contribution >= 0.6 is 0 Å². The molecular formula is C15H23NO. The lowest BCUT2D eigenvalue weighted by Gasteiger charge is -2.18. The van der Waals surface area contributed by atoms with E-state index in [9.17, 15) is 0 Å². The zero-order valence-corrected chi connectivity index (χ0v) is 11.1. The lowest BCUT2D eigenvalue weighted by molar-refractivity contribution is 0.204. The molecule has 0 bridgehead atoms. The number of hydrogen-bond donors (Lipinski definition) is 1. The second-order valence-corrected chi connectivity index (χ2v) is 5.68. The maximum absolute atomic E-state index is 6.14. The van der Waals surface area contributed by atoms with Crippen LogP contribution < -0.4 is 10.5 Å². The van der Waals surface area contributed by atoms with Crippen LogP contribution in [0.25, 0.3) is 0 Å². The molecule has 1 aromatic carbocycles. The van der Waals surface area contributed by atoms with Crippen molar-refractivity contribution in [2.45, 2.75) is 52.2 Å². The first-order valence-corrected chi connectivity index (χ1v) is 6.56. The quantitative estimate of drug-likeness (QED) is 0.867. The van der Waals surface area contributed by atoms with E-state index in [0.29, 0.717) is 5.92 Å². The van der Waals surface area contributed by atoms with Crippen LogP contribution in [0.4, 0.5) is 0 Å². The van der Waals surface area contributed by atoms with Crippen molar-refractivity contribution < 1.29 is 4.74 Å². The van der Waals surface area contributed by atoms with E-state index in [2.05, 4.69) is 39.0 Å². The lowest BCUT2D eigenvalue weighted by atomic mass is 9.97. The molecule has 0 radical (unpaired) electrons. The Hall–Kier alpha value is -1.02. The summed E-state index contributed by atoms with van der Waals surface area (Å²) in [7, 11) is 0. The van der Waals surface area contributed by atoms with Crippen molar-refractivity contribution in [3.8, 4) is 5.75 Å². The van der Waals surface area contributed by atoms with Gasteiger partial charge in [-0.05, 0) is 37.3 Å². The number of fused-ring (bicyclic) bond motifs is 1. The highest BCUT2D eigenvalue weighted by Gasteiger charge is 2.24. The monoisotopic (exact) mass is 233 g/mol. The maximum Gasteiger partial charge on any atom is 0.123 e. The smallest absolute Gasteiger partial charge is 0.123 e. The van der Waals surface area contributed by atoms with Gasteiger partial charge in [0, 0.05) is 12.5 Å². The minimum Gasteiger partial charge on any atom is -0.490 e. The summed E-state index contributed by atoms with van der Waals surface area (Å²) in [6.45, 7) is 6.55. The summed E-state index contributed by atoms with van der Waals surface area (Å²) >= 11 is 0. The molecule has 94 valence electrons. The molecule has 2 rings (SSSR count). The van der Waals surface area contributed by atoms with Gasteiger partial charge in [-0.1, -0.05) is 31.5 Å². The van der Waals surface area contributed by atoms with Crippen molar-refractivity contribution in [2.24, 2.45) is 11.7 Å². The fourth-order valence-corrected chi connectivity index (χ4v) is 2.62. The Balaban J connectivity index is 1.92. The predicted octanol–water partition coefficient (Wildman–Crippen LogP) is 3.06. The van der Waals surface area contributed by atoms with Crippen molar-refractivity contribution in [1.29, 1.82) is 0 Å². The SMILES string of the molecule is Cc1ccc2c(c1)CC(CC(N)CC(C)C)O2. The van der Waals surface area contributed by atoms with Gasteiger partial charge in [-0.3, -0.25) is 0 Å². The second kappa shape index (κ2) is 5.09. The van der Waals surface area contributed by atoms with Gasteiger partial charge in [-0.25, -0.2) is 0 Å². The van der Waals surface area contributed by atoms with Gasteiger partial charge in [-0.15, -0.1) is 0 Å². The largest absolute Gasteiger partial charge is 0.490 e. The van der Waals surface area contributed by atoms with Gasteiger partial charge in [-0.2, -0.15) is 0 Å². The van der Waals surface area contributed by atoms with Gasteiger partial charge < -0.3 is 10.5 Å². The van der Waals surface area contributed by atoms with Gasteiger partial charge in [0.1, 0.15) is 11.9 Å². The molecule has 2 N–H and O–H groups in total. The van der Waals surface area contributed by atoms with Crippen molar-refractivity contribution in [3.05, 3.63) is 29.3 Å². The summed E-state index contributed by atoms with van der Waals surface area (Å²) in [5.41, 5.74) is 8.78. The number of nitrogens with two attached hydrogens (primary N) is 1. The molecule has 0 amide bonds. The highest BCUT2D eigenvalue weighted by atomic mass is 16.5. The molecule has 0 fully saturated rings. The van der Waals surface area contributed by atoms with Crippen molar-refractivity contribution >= 4 is 0 Å². The van der Waals surface area contributed by atoms with Crippen LogP contribution in [0.2, 0.25) is 0 Å². The molecule has 2 nitrogen and oxygen atoms in total. The molecule has 0 aliphatic carbocycles. The third kappa shape index (κ3) is 3.22. The Morgan fingerprint density at radius 3 is 2.88 bits per heavy atom. The van der Waals surface area contributed by atoms with Crippen molar-refractivity contribution in [1.82, 2.24) is 0 Å². The van der Waals surface area contributed by atoms with Gasteiger partial charge in [0.15, 0.2) is 0 Å². The predicted molar refractivity (Wildman–Crippen MR) is 71.3 cm³/mol. The highest BCUT2D eigenvalue weighted by Crippen LogP contribution is 2.31. The number of rotatable bonds is 4. The van der Waals surface area contributed by atoms with E-state index in [1.54, 1.807) is 0 Å². The van der Waals surface area contributed by atoms with Crippen LogP contribution in [0, 0.1) is 12.8 Å². The zero-order chi connectivity index (χ0) is 12.4. The molecule has 0 aromatic heterocycles. The standard InChI is InChI=1S/C15H23NO/c1-10(2)6-13(16)9-14-8-12-7-11(3)4-5-15(12)17-14/h4-5,7,10,13-14H,6,8-9,16H2,1-3H3. The molecule has 1 aliphatic heterocycles. The fourth-order valence-electron chi connectivity index (χ4n) is 2.62. The van der Waals surface area contributed by atoms with E-state index in [0.717, 1.165) is 25.0 Å². The number of aryl methyl sites for hydroxylation is 1. The number of benzene rings is 1. The van der Waals surface area contributed by atoms with Crippen molar-refractivity contribution in [2.75, 3.05) is 0 Å².